The van der Waals surface area contributed by atoms with Crippen LogP contribution in [0.3, 0.4) is 0 Å². The molecule has 0 aliphatic rings. The van der Waals surface area contributed by atoms with Crippen LogP contribution in [-0.4, -0.2) is 43.0 Å². The van der Waals surface area contributed by atoms with E-state index in [2.05, 4.69) is 10.1 Å². The first kappa shape index (κ1) is 10.6. The summed E-state index contributed by atoms with van der Waals surface area (Å²) in [5.74, 6) is -1.68. The summed E-state index contributed by atoms with van der Waals surface area (Å²) < 4.78 is 4.50. The SMILES string of the molecule is O=CCOCC(=O)NCC(=O)O. The molecule has 0 aliphatic heterocycles. The summed E-state index contributed by atoms with van der Waals surface area (Å²) in [6.45, 7) is -0.907. The highest BCUT2D eigenvalue weighted by Crippen LogP contribution is 1.72. The molecule has 0 bridgehead atoms. The summed E-state index contributed by atoms with van der Waals surface area (Å²) in [5.41, 5.74) is 0. The second-order valence-corrected chi connectivity index (χ2v) is 1.85. The number of carbonyl (C=O) groups is 3. The molecule has 0 saturated heterocycles. The van der Waals surface area contributed by atoms with Gasteiger partial charge in [-0.05, 0) is 0 Å². The second-order valence-electron chi connectivity index (χ2n) is 1.85. The molecular formula is C6H9NO5. The van der Waals surface area contributed by atoms with Crippen LogP contribution in [0.4, 0.5) is 0 Å². The summed E-state index contributed by atoms with van der Waals surface area (Å²) >= 11 is 0. The summed E-state index contributed by atoms with van der Waals surface area (Å²) in [6.07, 6.45) is 0.504. The molecule has 6 heteroatoms. The van der Waals surface area contributed by atoms with Crippen LogP contribution in [-0.2, 0) is 19.1 Å². The highest BCUT2D eigenvalue weighted by molar-refractivity contribution is 5.81. The molecular weight excluding hydrogens is 166 g/mol. The van der Waals surface area contributed by atoms with Gasteiger partial charge < -0.3 is 20.0 Å². The van der Waals surface area contributed by atoms with E-state index >= 15 is 0 Å². The van der Waals surface area contributed by atoms with Crippen LogP contribution in [0, 0.1) is 0 Å². The van der Waals surface area contributed by atoms with Crippen molar-refractivity contribution in [3.63, 3.8) is 0 Å². The minimum atomic E-state index is -1.13. The highest BCUT2D eigenvalue weighted by Gasteiger charge is 2.02. The van der Waals surface area contributed by atoms with Gasteiger partial charge in [0.1, 0.15) is 26.0 Å². The minimum Gasteiger partial charge on any atom is -0.480 e. The third-order valence-electron chi connectivity index (χ3n) is 0.856. The maximum atomic E-state index is 10.6. The largest absolute Gasteiger partial charge is 0.480 e. The van der Waals surface area contributed by atoms with Crippen molar-refractivity contribution in [2.45, 2.75) is 0 Å². The van der Waals surface area contributed by atoms with Crippen LogP contribution in [0.2, 0.25) is 0 Å². The Hall–Kier alpha value is -1.43. The van der Waals surface area contributed by atoms with Crippen LogP contribution in [0.1, 0.15) is 0 Å². The number of aliphatic carboxylic acids is 1. The third kappa shape index (κ3) is 6.69. The van der Waals surface area contributed by atoms with E-state index in [-0.39, 0.29) is 13.2 Å². The molecule has 0 atom stereocenters. The van der Waals surface area contributed by atoms with Crippen molar-refractivity contribution in [1.29, 1.82) is 0 Å². The normalized spacial score (nSPS) is 9.00. The predicted octanol–water partition coefficient (Wildman–Crippen LogP) is -1.60. The molecule has 0 aromatic carbocycles. The average Bonchev–Trinajstić information content (AvgIpc) is 2.01. The zero-order valence-corrected chi connectivity index (χ0v) is 6.28. The van der Waals surface area contributed by atoms with Crippen molar-refractivity contribution in [1.82, 2.24) is 5.32 Å². The zero-order chi connectivity index (χ0) is 9.40. The monoisotopic (exact) mass is 175 g/mol. The maximum Gasteiger partial charge on any atom is 0.322 e. The number of aldehydes is 1. The number of hydrogen-bond donors (Lipinski definition) is 2. The Morgan fingerprint density at radius 3 is 2.67 bits per heavy atom. The van der Waals surface area contributed by atoms with Crippen LogP contribution in [0.25, 0.3) is 0 Å². The first-order valence-electron chi connectivity index (χ1n) is 3.16. The Morgan fingerprint density at radius 1 is 1.50 bits per heavy atom. The highest BCUT2D eigenvalue weighted by atomic mass is 16.5. The van der Waals surface area contributed by atoms with E-state index < -0.39 is 18.4 Å². The van der Waals surface area contributed by atoms with Gasteiger partial charge in [0.25, 0.3) is 0 Å². The third-order valence-corrected chi connectivity index (χ3v) is 0.856. The standard InChI is InChI=1S/C6H9NO5/c8-1-2-12-4-5(9)7-3-6(10)11/h1H,2-4H2,(H,7,9)(H,10,11). The van der Waals surface area contributed by atoms with Gasteiger partial charge in [0.15, 0.2) is 0 Å². The van der Waals surface area contributed by atoms with Gasteiger partial charge in [-0.1, -0.05) is 0 Å². The van der Waals surface area contributed by atoms with Crippen molar-refractivity contribution in [3.8, 4) is 0 Å². The van der Waals surface area contributed by atoms with Crippen molar-refractivity contribution >= 4 is 18.2 Å². The van der Waals surface area contributed by atoms with E-state index in [4.69, 9.17) is 5.11 Å². The van der Waals surface area contributed by atoms with E-state index in [1.165, 1.54) is 0 Å². The van der Waals surface area contributed by atoms with Crippen LogP contribution >= 0.6 is 0 Å². The Kier molecular flexibility index (Phi) is 5.54. The number of carboxylic acid groups (broad SMARTS) is 1. The van der Waals surface area contributed by atoms with Gasteiger partial charge in [-0.25, -0.2) is 0 Å². The van der Waals surface area contributed by atoms with E-state index in [0.717, 1.165) is 0 Å². The van der Waals surface area contributed by atoms with Crippen molar-refractivity contribution in [2.75, 3.05) is 19.8 Å². The van der Waals surface area contributed by atoms with Gasteiger partial charge in [0, 0.05) is 0 Å². The lowest BCUT2D eigenvalue weighted by atomic mass is 10.6. The lowest BCUT2D eigenvalue weighted by Gasteiger charge is -2.00. The maximum absolute atomic E-state index is 10.6. The number of amides is 1. The summed E-state index contributed by atoms with van der Waals surface area (Å²) in [5, 5.41) is 10.2. The van der Waals surface area contributed by atoms with Crippen molar-refractivity contribution in [2.24, 2.45) is 0 Å². The fourth-order valence-corrected chi connectivity index (χ4v) is 0.425. The molecule has 0 radical (unpaired) electrons. The quantitative estimate of drug-likeness (QED) is 0.374. The molecule has 0 aliphatic carbocycles. The van der Waals surface area contributed by atoms with Gasteiger partial charge in [-0.2, -0.15) is 0 Å². The lowest BCUT2D eigenvalue weighted by Crippen LogP contribution is -2.32. The van der Waals surface area contributed by atoms with E-state index in [1.54, 1.807) is 0 Å². The number of rotatable bonds is 6. The number of carboxylic acids is 1. The molecule has 68 valence electrons. The predicted molar refractivity (Wildman–Crippen MR) is 37.5 cm³/mol. The molecule has 12 heavy (non-hydrogen) atoms. The Balaban J connectivity index is 3.33. The van der Waals surface area contributed by atoms with Crippen LogP contribution in [0.5, 0.6) is 0 Å². The van der Waals surface area contributed by atoms with Gasteiger partial charge in [0.05, 0.1) is 0 Å². The van der Waals surface area contributed by atoms with E-state index in [9.17, 15) is 14.4 Å². The van der Waals surface area contributed by atoms with Gasteiger partial charge in [0.2, 0.25) is 5.91 Å². The molecule has 0 saturated carbocycles. The fourth-order valence-electron chi connectivity index (χ4n) is 0.425. The molecule has 2 N–H and O–H groups in total. The number of hydrogen-bond acceptors (Lipinski definition) is 4. The van der Waals surface area contributed by atoms with Crippen LogP contribution < -0.4 is 5.32 Å². The Bertz CT molecular complexity index is 179. The summed E-state index contributed by atoms with van der Waals surface area (Å²) in [7, 11) is 0. The zero-order valence-electron chi connectivity index (χ0n) is 6.28. The molecule has 0 aromatic heterocycles. The molecule has 0 aromatic rings. The summed E-state index contributed by atoms with van der Waals surface area (Å²) in [6, 6.07) is 0. The summed E-state index contributed by atoms with van der Waals surface area (Å²) in [4.78, 5) is 30.2. The van der Waals surface area contributed by atoms with Gasteiger partial charge in [-0.15, -0.1) is 0 Å². The fraction of sp³-hybridized carbons (Fsp3) is 0.500. The minimum absolute atomic E-state index is 0.166. The van der Waals surface area contributed by atoms with Crippen molar-refractivity contribution in [3.05, 3.63) is 0 Å². The van der Waals surface area contributed by atoms with E-state index in [0.29, 0.717) is 6.29 Å². The molecule has 0 fully saturated rings. The van der Waals surface area contributed by atoms with Gasteiger partial charge in [-0.3, -0.25) is 9.59 Å². The first-order valence-corrected chi connectivity index (χ1v) is 3.16. The molecule has 0 rings (SSSR count). The average molecular weight is 175 g/mol. The second kappa shape index (κ2) is 6.29. The Morgan fingerprint density at radius 2 is 2.17 bits per heavy atom. The molecule has 0 unspecified atom stereocenters. The molecule has 0 spiro atoms. The van der Waals surface area contributed by atoms with Gasteiger partial charge >= 0.3 is 5.97 Å². The number of nitrogens with one attached hydrogen (secondary N) is 1. The lowest BCUT2D eigenvalue weighted by molar-refractivity contribution is -0.138. The topological polar surface area (TPSA) is 92.7 Å². The van der Waals surface area contributed by atoms with Crippen LogP contribution in [0.15, 0.2) is 0 Å². The molecule has 6 nitrogen and oxygen atoms in total. The van der Waals surface area contributed by atoms with Crippen molar-refractivity contribution < 1.29 is 24.2 Å². The Labute approximate surface area is 68.5 Å². The molecule has 0 heterocycles. The number of carbonyl (C=O) groups excluding carboxylic acids is 2. The first-order chi connectivity index (χ1) is 5.66. The van der Waals surface area contributed by atoms with E-state index in [1.807, 2.05) is 0 Å². The number of ether oxygens (including phenoxy) is 1. The molecule has 1 amide bonds. The smallest absolute Gasteiger partial charge is 0.322 e.